The van der Waals surface area contributed by atoms with E-state index >= 15 is 0 Å². The molecule has 0 atom stereocenters. The van der Waals surface area contributed by atoms with Crippen LogP contribution in [-0.2, 0) is 0 Å². The Hall–Kier alpha value is -2.94. The second-order valence-corrected chi connectivity index (χ2v) is 5.26. The Bertz CT molecular complexity index is 791. The van der Waals surface area contributed by atoms with Gasteiger partial charge in [0.15, 0.2) is 0 Å². The molecule has 0 aliphatic heterocycles. The zero-order valence-electron chi connectivity index (χ0n) is 12.8. The van der Waals surface area contributed by atoms with Gasteiger partial charge in [-0.1, -0.05) is 54.6 Å². The molecule has 23 heavy (non-hydrogen) atoms. The summed E-state index contributed by atoms with van der Waals surface area (Å²) in [7, 11) is 0. The lowest BCUT2D eigenvalue weighted by Gasteiger charge is -2.06. The molecule has 0 saturated carbocycles. The first kappa shape index (κ1) is 15.0. The molecule has 114 valence electrons. The number of halogens is 1. The topological polar surface area (TPSA) is 24.4 Å². The van der Waals surface area contributed by atoms with Gasteiger partial charge in [-0.05, 0) is 47.9 Å². The van der Waals surface area contributed by atoms with Crippen LogP contribution in [0.3, 0.4) is 0 Å². The predicted octanol–water partition coefficient (Wildman–Crippen LogP) is 5.33. The highest BCUT2D eigenvalue weighted by molar-refractivity contribution is 5.99. The fourth-order valence-electron chi connectivity index (χ4n) is 2.27. The molecule has 3 rings (SSSR count). The minimum Gasteiger partial charge on any atom is -0.278 e. The number of rotatable bonds is 4. The number of nitrogens with one attached hydrogen (secondary N) is 1. The second kappa shape index (κ2) is 6.88. The summed E-state index contributed by atoms with van der Waals surface area (Å²) in [6, 6.07) is 24.6. The molecule has 3 heteroatoms. The molecule has 0 aliphatic carbocycles. The van der Waals surface area contributed by atoms with Crippen LogP contribution in [0.15, 0.2) is 84.0 Å². The Labute approximate surface area is 135 Å². The molecule has 0 amide bonds. The summed E-state index contributed by atoms with van der Waals surface area (Å²) in [6.07, 6.45) is 0. The van der Waals surface area contributed by atoms with Crippen LogP contribution in [0.25, 0.3) is 11.1 Å². The summed E-state index contributed by atoms with van der Waals surface area (Å²) in [6.45, 7) is 1.94. The Morgan fingerprint density at radius 1 is 0.783 bits per heavy atom. The third kappa shape index (κ3) is 3.83. The highest BCUT2D eigenvalue weighted by atomic mass is 19.1. The minimum atomic E-state index is -0.257. The Morgan fingerprint density at radius 2 is 1.39 bits per heavy atom. The van der Waals surface area contributed by atoms with Crippen LogP contribution in [0.5, 0.6) is 0 Å². The Morgan fingerprint density at radius 3 is 2.04 bits per heavy atom. The van der Waals surface area contributed by atoms with Crippen LogP contribution in [0, 0.1) is 5.82 Å². The summed E-state index contributed by atoms with van der Waals surface area (Å²) in [4.78, 5) is 0. The number of anilines is 1. The average molecular weight is 304 g/mol. The fraction of sp³-hybridized carbons (Fsp3) is 0.0500. The lowest BCUT2D eigenvalue weighted by Crippen LogP contribution is -1.99. The molecule has 0 spiro atoms. The highest BCUT2D eigenvalue weighted by Crippen LogP contribution is 2.19. The molecular weight excluding hydrogens is 287 g/mol. The van der Waals surface area contributed by atoms with Gasteiger partial charge in [-0.2, -0.15) is 5.10 Å². The van der Waals surface area contributed by atoms with Crippen LogP contribution in [-0.4, -0.2) is 5.71 Å². The van der Waals surface area contributed by atoms with E-state index in [0.717, 1.165) is 17.0 Å². The number of hydrazone groups is 1. The summed E-state index contributed by atoms with van der Waals surface area (Å²) in [5.41, 5.74) is 7.97. The minimum absolute atomic E-state index is 0.257. The molecule has 3 aromatic rings. The first-order valence-electron chi connectivity index (χ1n) is 7.44. The molecule has 0 unspecified atom stereocenters. The van der Waals surface area contributed by atoms with E-state index in [1.807, 2.05) is 37.3 Å². The Kier molecular flexibility index (Phi) is 4.48. The molecule has 0 aromatic heterocycles. The van der Waals surface area contributed by atoms with Gasteiger partial charge in [0, 0.05) is 0 Å². The van der Waals surface area contributed by atoms with Gasteiger partial charge < -0.3 is 0 Å². The number of hydrogen-bond acceptors (Lipinski definition) is 2. The second-order valence-electron chi connectivity index (χ2n) is 5.26. The normalized spacial score (nSPS) is 11.3. The monoisotopic (exact) mass is 304 g/mol. The molecular formula is C20H17FN2. The molecule has 0 saturated heterocycles. The van der Waals surface area contributed by atoms with Gasteiger partial charge in [0.05, 0.1) is 11.4 Å². The zero-order chi connectivity index (χ0) is 16.1. The van der Waals surface area contributed by atoms with Crippen molar-refractivity contribution in [2.24, 2.45) is 5.10 Å². The van der Waals surface area contributed by atoms with E-state index in [2.05, 4.69) is 34.8 Å². The summed E-state index contributed by atoms with van der Waals surface area (Å²) in [5.74, 6) is -0.257. The van der Waals surface area contributed by atoms with E-state index in [4.69, 9.17) is 0 Å². The van der Waals surface area contributed by atoms with Gasteiger partial charge in [0.25, 0.3) is 0 Å². The first-order valence-corrected chi connectivity index (χ1v) is 7.44. The van der Waals surface area contributed by atoms with Crippen LogP contribution >= 0.6 is 0 Å². The lowest BCUT2D eigenvalue weighted by atomic mass is 10.0. The highest BCUT2D eigenvalue weighted by Gasteiger charge is 2.00. The molecule has 0 heterocycles. The van der Waals surface area contributed by atoms with Crippen molar-refractivity contribution in [3.63, 3.8) is 0 Å². The third-order valence-electron chi connectivity index (χ3n) is 3.61. The van der Waals surface area contributed by atoms with Crippen LogP contribution in [0.2, 0.25) is 0 Å². The predicted molar refractivity (Wildman–Crippen MR) is 94.1 cm³/mol. The molecule has 0 aliphatic rings. The van der Waals surface area contributed by atoms with Crippen molar-refractivity contribution in [1.29, 1.82) is 0 Å². The molecule has 1 N–H and O–H groups in total. The standard InChI is InChI=1S/C20H17FN2/c1-15(22-23-20-13-11-19(21)12-14-20)16-7-9-18(10-8-16)17-5-3-2-4-6-17/h2-14,23H,1H3/b22-15-. The SMILES string of the molecule is C/C(=N/Nc1ccc(F)cc1)c1ccc(-c2ccccc2)cc1. The van der Waals surface area contributed by atoms with Crippen LogP contribution in [0.1, 0.15) is 12.5 Å². The maximum atomic E-state index is 12.9. The van der Waals surface area contributed by atoms with Gasteiger partial charge in [-0.3, -0.25) is 5.43 Å². The maximum absolute atomic E-state index is 12.9. The summed E-state index contributed by atoms with van der Waals surface area (Å²) in [5, 5.41) is 4.34. The summed E-state index contributed by atoms with van der Waals surface area (Å²) >= 11 is 0. The average Bonchev–Trinajstić information content (AvgIpc) is 2.62. The van der Waals surface area contributed by atoms with Gasteiger partial charge in [-0.15, -0.1) is 0 Å². The maximum Gasteiger partial charge on any atom is 0.123 e. The molecule has 3 aromatic carbocycles. The number of benzene rings is 3. The van der Waals surface area contributed by atoms with Crippen molar-refractivity contribution in [3.8, 4) is 11.1 Å². The molecule has 0 fully saturated rings. The molecule has 0 radical (unpaired) electrons. The van der Waals surface area contributed by atoms with Gasteiger partial charge in [0.1, 0.15) is 5.82 Å². The largest absolute Gasteiger partial charge is 0.278 e. The molecule has 2 nitrogen and oxygen atoms in total. The van der Waals surface area contributed by atoms with E-state index in [-0.39, 0.29) is 5.82 Å². The van der Waals surface area contributed by atoms with E-state index < -0.39 is 0 Å². The van der Waals surface area contributed by atoms with Crippen LogP contribution in [0.4, 0.5) is 10.1 Å². The quantitative estimate of drug-likeness (QED) is 0.511. The smallest absolute Gasteiger partial charge is 0.123 e. The van der Waals surface area contributed by atoms with Crippen molar-refractivity contribution in [1.82, 2.24) is 0 Å². The van der Waals surface area contributed by atoms with E-state index in [9.17, 15) is 4.39 Å². The lowest BCUT2D eigenvalue weighted by molar-refractivity contribution is 0.628. The van der Waals surface area contributed by atoms with Crippen molar-refractivity contribution >= 4 is 11.4 Å². The van der Waals surface area contributed by atoms with Crippen LogP contribution < -0.4 is 5.43 Å². The van der Waals surface area contributed by atoms with E-state index in [1.165, 1.54) is 23.3 Å². The van der Waals surface area contributed by atoms with Crippen molar-refractivity contribution < 1.29 is 4.39 Å². The summed E-state index contributed by atoms with van der Waals surface area (Å²) < 4.78 is 12.9. The van der Waals surface area contributed by atoms with Gasteiger partial charge in [-0.25, -0.2) is 4.39 Å². The number of hydrogen-bond donors (Lipinski definition) is 1. The van der Waals surface area contributed by atoms with Gasteiger partial charge in [0.2, 0.25) is 0 Å². The van der Waals surface area contributed by atoms with Gasteiger partial charge >= 0.3 is 0 Å². The first-order chi connectivity index (χ1) is 11.2. The van der Waals surface area contributed by atoms with Crippen molar-refractivity contribution in [3.05, 3.63) is 90.2 Å². The molecule has 0 bridgehead atoms. The fourth-order valence-corrected chi connectivity index (χ4v) is 2.27. The van der Waals surface area contributed by atoms with Crippen molar-refractivity contribution in [2.75, 3.05) is 5.43 Å². The Balaban J connectivity index is 1.73. The van der Waals surface area contributed by atoms with E-state index in [1.54, 1.807) is 12.1 Å². The number of nitrogens with zero attached hydrogens (tertiary/aromatic N) is 1. The zero-order valence-corrected chi connectivity index (χ0v) is 12.8. The third-order valence-corrected chi connectivity index (χ3v) is 3.61. The van der Waals surface area contributed by atoms with E-state index in [0.29, 0.717) is 0 Å². The van der Waals surface area contributed by atoms with Crippen molar-refractivity contribution in [2.45, 2.75) is 6.92 Å².